The number of hydrogen-bond donors (Lipinski definition) is 1. The Balaban J connectivity index is 1.58. The fourth-order valence-electron chi connectivity index (χ4n) is 3.54. The van der Waals surface area contributed by atoms with Crippen molar-refractivity contribution in [3.63, 3.8) is 0 Å². The second-order valence-corrected chi connectivity index (χ2v) is 7.63. The van der Waals surface area contributed by atoms with Gasteiger partial charge in [-0.1, -0.05) is 17.7 Å². The minimum Gasteiger partial charge on any atom is -0.497 e. The molecule has 1 fully saturated rings. The number of ketones is 1. The van der Waals surface area contributed by atoms with Crippen molar-refractivity contribution >= 4 is 11.7 Å². The number of methoxy groups -OCH3 is 1. The molecule has 1 heterocycles. The van der Waals surface area contributed by atoms with Gasteiger partial charge in [0.1, 0.15) is 17.5 Å². The molecule has 2 aromatic carbocycles. The number of benzene rings is 2. The highest BCUT2D eigenvalue weighted by molar-refractivity contribution is 6.02. The van der Waals surface area contributed by atoms with Gasteiger partial charge < -0.3 is 19.7 Å². The van der Waals surface area contributed by atoms with Gasteiger partial charge in [-0.2, -0.15) is 0 Å². The van der Waals surface area contributed by atoms with Crippen LogP contribution < -0.4 is 14.8 Å². The van der Waals surface area contributed by atoms with Crippen LogP contribution in [-0.4, -0.2) is 56.0 Å². The molecule has 1 aliphatic heterocycles. The van der Waals surface area contributed by atoms with Crippen molar-refractivity contribution < 1.29 is 19.1 Å². The van der Waals surface area contributed by atoms with Crippen LogP contribution in [0.25, 0.3) is 0 Å². The van der Waals surface area contributed by atoms with E-state index in [1.165, 1.54) is 0 Å². The van der Waals surface area contributed by atoms with Crippen LogP contribution in [0, 0.1) is 6.92 Å². The third kappa shape index (κ3) is 6.32. The number of hydrogen-bond acceptors (Lipinski definition) is 5. The second-order valence-electron chi connectivity index (χ2n) is 7.63. The van der Waals surface area contributed by atoms with Crippen molar-refractivity contribution in [2.24, 2.45) is 0 Å². The zero-order chi connectivity index (χ0) is 21.3. The van der Waals surface area contributed by atoms with Gasteiger partial charge in [-0.05, 0) is 69.3 Å². The van der Waals surface area contributed by atoms with Crippen LogP contribution in [0.2, 0.25) is 0 Å². The zero-order valence-electron chi connectivity index (χ0n) is 17.7. The number of carbonyl (C=O) groups is 2. The maximum Gasteiger partial charge on any atom is 0.224 e. The molecule has 2 aromatic rings. The van der Waals surface area contributed by atoms with Crippen molar-refractivity contribution in [1.82, 2.24) is 10.2 Å². The second kappa shape index (κ2) is 10.8. The van der Waals surface area contributed by atoms with E-state index >= 15 is 0 Å². The predicted octanol–water partition coefficient (Wildman–Crippen LogP) is 3.24. The first-order chi connectivity index (χ1) is 14.5. The summed E-state index contributed by atoms with van der Waals surface area (Å²) in [7, 11) is 1.59. The third-order valence-corrected chi connectivity index (χ3v) is 5.28. The van der Waals surface area contributed by atoms with Gasteiger partial charge in [0.05, 0.1) is 20.1 Å². The van der Waals surface area contributed by atoms with E-state index in [1.807, 2.05) is 31.2 Å². The molecule has 6 heteroatoms. The van der Waals surface area contributed by atoms with Gasteiger partial charge in [0, 0.05) is 12.1 Å². The summed E-state index contributed by atoms with van der Waals surface area (Å²) in [4.78, 5) is 27.8. The number of Topliss-reactive ketones (excluding diaryl/α,β-unsaturated/α-hetero) is 1. The van der Waals surface area contributed by atoms with E-state index in [0.29, 0.717) is 17.9 Å². The fraction of sp³-hybridized carbons (Fsp3) is 0.417. The zero-order valence-corrected chi connectivity index (χ0v) is 17.7. The molecular weight excluding hydrogens is 380 g/mol. The Morgan fingerprint density at radius 1 is 1.00 bits per heavy atom. The lowest BCUT2D eigenvalue weighted by Gasteiger charge is -2.23. The topological polar surface area (TPSA) is 67.9 Å². The number of amides is 1. The predicted molar refractivity (Wildman–Crippen MR) is 116 cm³/mol. The summed E-state index contributed by atoms with van der Waals surface area (Å²) >= 11 is 0. The molecular formula is C24H30N2O4. The molecule has 1 saturated heterocycles. The molecule has 1 amide bonds. The van der Waals surface area contributed by atoms with Crippen LogP contribution in [0.4, 0.5) is 0 Å². The number of ether oxygens (including phenoxy) is 2. The van der Waals surface area contributed by atoms with Gasteiger partial charge >= 0.3 is 0 Å². The van der Waals surface area contributed by atoms with Crippen molar-refractivity contribution in [1.29, 1.82) is 0 Å². The minimum absolute atomic E-state index is 0.0858. The van der Waals surface area contributed by atoms with Crippen LogP contribution in [0.1, 0.15) is 35.2 Å². The molecule has 0 unspecified atom stereocenters. The van der Waals surface area contributed by atoms with Gasteiger partial charge in [-0.25, -0.2) is 0 Å². The molecule has 3 rings (SSSR count). The number of nitrogens with one attached hydrogen (secondary N) is 1. The standard InChI is InChI=1S/C24H30N2O4/c1-18-5-9-21(10-6-18)30-16-13-23(27)25-22(17-26-14-3-4-15-26)24(28)19-7-11-20(29-2)12-8-19/h5-12,22H,3-4,13-17H2,1-2H3,(H,25,27)/t22-/m1/s1. The van der Waals surface area contributed by atoms with Gasteiger partial charge in [-0.15, -0.1) is 0 Å². The van der Waals surface area contributed by atoms with Gasteiger partial charge in [0.2, 0.25) is 5.91 Å². The normalized spacial score (nSPS) is 14.9. The number of nitrogens with zero attached hydrogens (tertiary/aromatic N) is 1. The molecule has 0 aliphatic carbocycles. The highest BCUT2D eigenvalue weighted by atomic mass is 16.5. The largest absolute Gasteiger partial charge is 0.497 e. The van der Waals surface area contributed by atoms with Crippen LogP contribution in [-0.2, 0) is 4.79 Å². The number of aryl methyl sites for hydroxylation is 1. The molecule has 1 N–H and O–H groups in total. The maximum absolute atomic E-state index is 13.1. The summed E-state index contributed by atoms with van der Waals surface area (Å²) in [6.07, 6.45) is 2.45. The summed E-state index contributed by atoms with van der Waals surface area (Å²) in [5.74, 6) is 1.15. The summed E-state index contributed by atoms with van der Waals surface area (Å²) in [5, 5.41) is 2.92. The van der Waals surface area contributed by atoms with E-state index in [2.05, 4.69) is 10.2 Å². The molecule has 1 aliphatic rings. The van der Waals surface area contributed by atoms with E-state index in [4.69, 9.17) is 9.47 Å². The fourth-order valence-corrected chi connectivity index (χ4v) is 3.54. The van der Waals surface area contributed by atoms with Crippen LogP contribution in [0.5, 0.6) is 11.5 Å². The Morgan fingerprint density at radius 3 is 2.27 bits per heavy atom. The van der Waals surface area contributed by atoms with E-state index < -0.39 is 6.04 Å². The van der Waals surface area contributed by atoms with E-state index in [-0.39, 0.29) is 24.7 Å². The molecule has 1 atom stereocenters. The average molecular weight is 411 g/mol. The number of rotatable bonds is 10. The Morgan fingerprint density at radius 2 is 1.63 bits per heavy atom. The van der Waals surface area contributed by atoms with E-state index in [9.17, 15) is 9.59 Å². The van der Waals surface area contributed by atoms with Crippen LogP contribution in [0.3, 0.4) is 0 Å². The number of likely N-dealkylation sites (tertiary alicyclic amines) is 1. The molecule has 0 radical (unpaired) electrons. The highest BCUT2D eigenvalue weighted by Gasteiger charge is 2.26. The van der Waals surface area contributed by atoms with Crippen molar-refractivity contribution in [3.05, 3.63) is 59.7 Å². The monoisotopic (exact) mass is 410 g/mol. The van der Waals surface area contributed by atoms with Crippen molar-refractivity contribution in [2.45, 2.75) is 32.2 Å². The first kappa shape index (κ1) is 21.8. The summed E-state index contributed by atoms with van der Waals surface area (Å²) in [6.45, 7) is 4.71. The number of carbonyl (C=O) groups excluding carboxylic acids is 2. The highest BCUT2D eigenvalue weighted by Crippen LogP contribution is 2.15. The Hall–Kier alpha value is -2.86. The lowest BCUT2D eigenvalue weighted by atomic mass is 10.0. The SMILES string of the molecule is COc1ccc(C(=O)[C@@H](CN2CCCC2)NC(=O)CCOc2ccc(C)cc2)cc1. The Kier molecular flexibility index (Phi) is 7.85. The summed E-state index contributed by atoms with van der Waals surface area (Å²) in [6, 6.07) is 14.1. The quantitative estimate of drug-likeness (QED) is 0.609. The van der Waals surface area contributed by atoms with E-state index in [0.717, 1.165) is 37.2 Å². The Labute approximate surface area is 178 Å². The molecule has 0 bridgehead atoms. The Bertz CT molecular complexity index is 827. The molecule has 30 heavy (non-hydrogen) atoms. The first-order valence-electron chi connectivity index (χ1n) is 10.4. The van der Waals surface area contributed by atoms with Crippen LogP contribution in [0.15, 0.2) is 48.5 Å². The first-order valence-corrected chi connectivity index (χ1v) is 10.4. The lowest BCUT2D eigenvalue weighted by Crippen LogP contribution is -2.48. The van der Waals surface area contributed by atoms with E-state index in [1.54, 1.807) is 31.4 Å². The van der Waals surface area contributed by atoms with Gasteiger partial charge in [0.25, 0.3) is 0 Å². The van der Waals surface area contributed by atoms with Crippen LogP contribution >= 0.6 is 0 Å². The smallest absolute Gasteiger partial charge is 0.224 e. The lowest BCUT2D eigenvalue weighted by molar-refractivity contribution is -0.122. The van der Waals surface area contributed by atoms with Gasteiger partial charge in [0.15, 0.2) is 5.78 Å². The molecule has 6 nitrogen and oxygen atoms in total. The van der Waals surface area contributed by atoms with Crippen molar-refractivity contribution in [2.75, 3.05) is 33.4 Å². The summed E-state index contributed by atoms with van der Waals surface area (Å²) < 4.78 is 10.8. The average Bonchev–Trinajstić information content (AvgIpc) is 3.27. The molecule has 0 saturated carbocycles. The molecule has 0 spiro atoms. The third-order valence-electron chi connectivity index (χ3n) is 5.28. The summed E-state index contributed by atoms with van der Waals surface area (Å²) in [5.41, 5.74) is 1.72. The minimum atomic E-state index is -0.580. The molecule has 160 valence electrons. The maximum atomic E-state index is 13.1. The van der Waals surface area contributed by atoms with Gasteiger partial charge in [-0.3, -0.25) is 9.59 Å². The van der Waals surface area contributed by atoms with Crippen molar-refractivity contribution in [3.8, 4) is 11.5 Å². The molecule has 0 aromatic heterocycles.